The van der Waals surface area contributed by atoms with Crippen molar-refractivity contribution in [3.05, 3.63) is 0 Å². The average molecular weight is 208 g/mol. The van der Waals surface area contributed by atoms with Crippen molar-refractivity contribution in [1.29, 1.82) is 0 Å². The second-order valence-corrected chi connectivity index (χ2v) is 5.56. The van der Waals surface area contributed by atoms with E-state index in [0.717, 1.165) is 38.4 Å². The monoisotopic (exact) mass is 208 g/mol. The molecule has 0 aromatic carbocycles. The van der Waals surface area contributed by atoms with Crippen LogP contribution >= 0.6 is 0 Å². The predicted octanol–water partition coefficient (Wildman–Crippen LogP) is 2.61. The molecule has 2 saturated carbocycles. The van der Waals surface area contributed by atoms with E-state index in [9.17, 15) is 9.59 Å². The van der Waals surface area contributed by atoms with Crippen molar-refractivity contribution in [2.45, 2.75) is 46.0 Å². The fraction of sp³-hybridized carbons (Fsp3) is 0.846. The molecule has 2 fully saturated rings. The zero-order valence-corrected chi connectivity index (χ0v) is 9.66. The Morgan fingerprint density at radius 1 is 1.47 bits per heavy atom. The minimum atomic E-state index is 0.117. The van der Waals surface area contributed by atoms with Crippen LogP contribution < -0.4 is 0 Å². The number of hydrogen-bond donors (Lipinski definition) is 0. The van der Waals surface area contributed by atoms with Gasteiger partial charge in [-0.1, -0.05) is 13.8 Å². The zero-order valence-electron chi connectivity index (χ0n) is 9.66. The maximum atomic E-state index is 11.8. The van der Waals surface area contributed by atoms with Crippen molar-refractivity contribution < 1.29 is 9.59 Å². The van der Waals surface area contributed by atoms with E-state index in [1.165, 1.54) is 0 Å². The van der Waals surface area contributed by atoms with E-state index < -0.39 is 0 Å². The third-order valence-electron chi connectivity index (χ3n) is 4.79. The molecule has 0 N–H and O–H groups in total. The molecule has 2 aliphatic carbocycles. The molecule has 0 aromatic rings. The van der Waals surface area contributed by atoms with Crippen molar-refractivity contribution in [2.75, 3.05) is 0 Å². The number of rotatable bonds is 2. The summed E-state index contributed by atoms with van der Waals surface area (Å²) in [6.07, 6.45) is 6.06. The lowest BCUT2D eigenvalue weighted by Crippen LogP contribution is -2.39. The Balaban J connectivity index is 2.24. The Kier molecular flexibility index (Phi) is 2.70. The Labute approximate surface area is 91.4 Å². The first-order valence-electron chi connectivity index (χ1n) is 6.07. The van der Waals surface area contributed by atoms with Crippen LogP contribution in [0, 0.1) is 23.2 Å². The molecule has 2 aliphatic rings. The normalized spacial score (nSPS) is 42.4. The number of carbonyl (C=O) groups is 2. The van der Waals surface area contributed by atoms with Gasteiger partial charge in [-0.15, -0.1) is 0 Å². The molecular formula is C13H20O2. The highest BCUT2D eigenvalue weighted by molar-refractivity contribution is 5.83. The lowest BCUT2D eigenvalue weighted by molar-refractivity contribution is -0.131. The van der Waals surface area contributed by atoms with Gasteiger partial charge in [0.15, 0.2) is 0 Å². The third-order valence-corrected chi connectivity index (χ3v) is 4.79. The quantitative estimate of drug-likeness (QED) is 0.654. The van der Waals surface area contributed by atoms with Crippen LogP contribution in [0.4, 0.5) is 0 Å². The van der Waals surface area contributed by atoms with Crippen molar-refractivity contribution >= 4 is 12.1 Å². The van der Waals surface area contributed by atoms with Crippen LogP contribution in [-0.4, -0.2) is 12.1 Å². The van der Waals surface area contributed by atoms with Crippen LogP contribution in [0.5, 0.6) is 0 Å². The predicted molar refractivity (Wildman–Crippen MR) is 58.4 cm³/mol. The molecule has 0 radical (unpaired) electrons. The SMILES string of the molecule is CC(C=O)C1CCC2C(=O)CCCC21C. The van der Waals surface area contributed by atoms with Crippen molar-refractivity contribution in [3.8, 4) is 0 Å². The Morgan fingerprint density at radius 2 is 2.20 bits per heavy atom. The molecular weight excluding hydrogens is 188 g/mol. The largest absolute Gasteiger partial charge is 0.303 e. The molecule has 2 heteroatoms. The molecule has 4 unspecified atom stereocenters. The summed E-state index contributed by atoms with van der Waals surface area (Å²) in [6.45, 7) is 4.23. The van der Waals surface area contributed by atoms with Gasteiger partial charge in [0, 0.05) is 18.3 Å². The Bertz CT molecular complexity index is 284. The van der Waals surface area contributed by atoms with E-state index in [-0.39, 0.29) is 17.3 Å². The van der Waals surface area contributed by atoms with E-state index in [1.54, 1.807) is 0 Å². The van der Waals surface area contributed by atoms with Gasteiger partial charge < -0.3 is 4.79 Å². The summed E-state index contributed by atoms with van der Waals surface area (Å²) < 4.78 is 0. The number of carbonyl (C=O) groups excluding carboxylic acids is 2. The van der Waals surface area contributed by atoms with Crippen LogP contribution in [0.25, 0.3) is 0 Å². The number of Topliss-reactive ketones (excluding diaryl/α,β-unsaturated/α-hetero) is 1. The number of aldehydes is 1. The van der Waals surface area contributed by atoms with E-state index in [0.29, 0.717) is 11.7 Å². The van der Waals surface area contributed by atoms with Crippen molar-refractivity contribution in [3.63, 3.8) is 0 Å². The van der Waals surface area contributed by atoms with Crippen molar-refractivity contribution in [1.82, 2.24) is 0 Å². The minimum absolute atomic E-state index is 0.117. The van der Waals surface area contributed by atoms with Crippen LogP contribution in [0.1, 0.15) is 46.0 Å². The first-order chi connectivity index (χ1) is 7.09. The minimum Gasteiger partial charge on any atom is -0.303 e. The molecule has 0 bridgehead atoms. The molecule has 15 heavy (non-hydrogen) atoms. The summed E-state index contributed by atoms with van der Waals surface area (Å²) in [5, 5.41) is 0. The van der Waals surface area contributed by atoms with Gasteiger partial charge in [-0.25, -0.2) is 0 Å². The van der Waals surface area contributed by atoms with E-state index in [2.05, 4.69) is 6.92 Å². The fourth-order valence-electron chi connectivity index (χ4n) is 3.93. The molecule has 0 saturated heterocycles. The smallest absolute Gasteiger partial charge is 0.136 e. The summed E-state index contributed by atoms with van der Waals surface area (Å²) in [7, 11) is 0. The van der Waals surface area contributed by atoms with Crippen LogP contribution in [0.15, 0.2) is 0 Å². The Morgan fingerprint density at radius 3 is 2.87 bits per heavy atom. The summed E-state index contributed by atoms with van der Waals surface area (Å²) in [4.78, 5) is 22.8. The first kappa shape index (κ1) is 10.8. The summed E-state index contributed by atoms with van der Waals surface area (Å²) in [6, 6.07) is 0. The molecule has 84 valence electrons. The second kappa shape index (κ2) is 3.73. The highest BCUT2D eigenvalue weighted by Gasteiger charge is 2.52. The van der Waals surface area contributed by atoms with Gasteiger partial charge in [0.05, 0.1) is 0 Å². The van der Waals surface area contributed by atoms with Gasteiger partial charge in [-0.2, -0.15) is 0 Å². The number of fused-ring (bicyclic) bond motifs is 1. The number of hydrogen-bond acceptors (Lipinski definition) is 2. The van der Waals surface area contributed by atoms with E-state index >= 15 is 0 Å². The van der Waals surface area contributed by atoms with E-state index in [4.69, 9.17) is 0 Å². The molecule has 0 aromatic heterocycles. The highest BCUT2D eigenvalue weighted by Crippen LogP contribution is 2.56. The highest BCUT2D eigenvalue weighted by atomic mass is 16.1. The summed E-state index contributed by atoms with van der Waals surface area (Å²) in [5.41, 5.74) is 0.121. The van der Waals surface area contributed by atoms with Crippen LogP contribution in [-0.2, 0) is 9.59 Å². The maximum absolute atomic E-state index is 11.8. The zero-order chi connectivity index (χ0) is 11.1. The molecule has 0 amide bonds. The molecule has 0 spiro atoms. The van der Waals surface area contributed by atoms with Gasteiger partial charge in [0.25, 0.3) is 0 Å². The first-order valence-corrected chi connectivity index (χ1v) is 6.07. The lowest BCUT2D eigenvalue weighted by atomic mass is 9.62. The number of ketones is 1. The van der Waals surface area contributed by atoms with Gasteiger partial charge in [0.2, 0.25) is 0 Å². The topological polar surface area (TPSA) is 34.1 Å². The molecule has 0 aliphatic heterocycles. The maximum Gasteiger partial charge on any atom is 0.136 e. The molecule has 2 rings (SSSR count). The lowest BCUT2D eigenvalue weighted by Gasteiger charge is -2.41. The van der Waals surface area contributed by atoms with Gasteiger partial charge >= 0.3 is 0 Å². The van der Waals surface area contributed by atoms with Gasteiger partial charge in [0.1, 0.15) is 12.1 Å². The van der Waals surface area contributed by atoms with Gasteiger partial charge in [-0.05, 0) is 37.0 Å². The molecule has 0 heterocycles. The third kappa shape index (κ3) is 1.54. The summed E-state index contributed by atoms with van der Waals surface area (Å²) >= 11 is 0. The van der Waals surface area contributed by atoms with Crippen LogP contribution in [0.2, 0.25) is 0 Å². The standard InChI is InChI=1S/C13H20O2/c1-9(8-14)10-5-6-11-12(15)4-3-7-13(10,11)2/h8-11H,3-7H2,1-2H3. The van der Waals surface area contributed by atoms with Crippen molar-refractivity contribution in [2.24, 2.45) is 23.2 Å². The molecule has 2 nitrogen and oxygen atoms in total. The second-order valence-electron chi connectivity index (χ2n) is 5.56. The summed E-state index contributed by atoms with van der Waals surface area (Å²) in [5.74, 6) is 1.25. The van der Waals surface area contributed by atoms with E-state index in [1.807, 2.05) is 6.92 Å². The fourth-order valence-corrected chi connectivity index (χ4v) is 3.93. The Hall–Kier alpha value is -0.660. The van der Waals surface area contributed by atoms with Crippen LogP contribution in [0.3, 0.4) is 0 Å². The molecule has 4 atom stereocenters. The average Bonchev–Trinajstić information content (AvgIpc) is 2.56. The van der Waals surface area contributed by atoms with Gasteiger partial charge in [-0.3, -0.25) is 4.79 Å².